The first-order valence-corrected chi connectivity index (χ1v) is 5.90. The average molecular weight is 218 g/mol. The van der Waals surface area contributed by atoms with Gasteiger partial charge in [-0.15, -0.1) is 0 Å². The Morgan fingerprint density at radius 2 is 2.00 bits per heavy atom. The maximum Gasteiger partial charge on any atom is 0.105 e. The Morgan fingerprint density at radius 3 is 2.60 bits per heavy atom. The molecule has 1 N–H and O–H groups in total. The molecule has 0 aliphatic carbocycles. The Kier molecular flexibility index (Phi) is 2.89. The fraction of sp³-hybridized carbons (Fsp3) is 0.231. The van der Waals surface area contributed by atoms with Gasteiger partial charge < -0.3 is 5.11 Å². The van der Waals surface area contributed by atoms with Crippen molar-refractivity contribution in [3.05, 3.63) is 57.3 Å². The summed E-state index contributed by atoms with van der Waals surface area (Å²) in [5, 5.41) is 14.1. The molecular weight excluding hydrogens is 204 g/mol. The van der Waals surface area contributed by atoms with Crippen LogP contribution in [0, 0.1) is 13.8 Å². The van der Waals surface area contributed by atoms with E-state index in [-0.39, 0.29) is 0 Å². The molecule has 1 aromatic carbocycles. The number of aryl methyl sites for hydroxylation is 2. The molecule has 2 heteroatoms. The molecule has 78 valence electrons. The van der Waals surface area contributed by atoms with Gasteiger partial charge in [0.15, 0.2) is 0 Å². The molecule has 0 aliphatic heterocycles. The van der Waals surface area contributed by atoms with Crippen LogP contribution >= 0.6 is 11.3 Å². The molecule has 0 fully saturated rings. The van der Waals surface area contributed by atoms with Crippen LogP contribution in [0.4, 0.5) is 0 Å². The lowest BCUT2D eigenvalue weighted by Gasteiger charge is -2.12. The quantitative estimate of drug-likeness (QED) is 0.818. The van der Waals surface area contributed by atoms with Crippen LogP contribution < -0.4 is 0 Å². The first kappa shape index (κ1) is 10.4. The highest BCUT2D eigenvalue weighted by molar-refractivity contribution is 7.07. The second kappa shape index (κ2) is 4.17. The van der Waals surface area contributed by atoms with E-state index in [1.807, 2.05) is 35.9 Å². The summed E-state index contributed by atoms with van der Waals surface area (Å²) in [6, 6.07) is 8.12. The molecule has 1 aromatic heterocycles. The lowest BCUT2D eigenvalue weighted by molar-refractivity contribution is 0.220. The van der Waals surface area contributed by atoms with E-state index in [1.54, 1.807) is 11.3 Å². The van der Waals surface area contributed by atoms with Crippen LogP contribution in [0.25, 0.3) is 0 Å². The van der Waals surface area contributed by atoms with E-state index >= 15 is 0 Å². The van der Waals surface area contributed by atoms with Crippen molar-refractivity contribution in [3.63, 3.8) is 0 Å². The minimum Gasteiger partial charge on any atom is -0.384 e. The molecule has 2 aromatic rings. The summed E-state index contributed by atoms with van der Waals surface area (Å²) < 4.78 is 0. The SMILES string of the molecule is Cc1ccc([C@@H](O)c2ccsc2)c(C)c1. The van der Waals surface area contributed by atoms with E-state index in [4.69, 9.17) is 0 Å². The molecule has 2 rings (SSSR count). The number of thiophene rings is 1. The second-order valence-corrected chi connectivity index (χ2v) is 4.60. The van der Waals surface area contributed by atoms with Gasteiger partial charge in [-0.05, 0) is 47.4 Å². The van der Waals surface area contributed by atoms with Gasteiger partial charge in [0.25, 0.3) is 0 Å². The summed E-state index contributed by atoms with van der Waals surface area (Å²) in [6.45, 7) is 4.10. The summed E-state index contributed by atoms with van der Waals surface area (Å²) in [7, 11) is 0. The number of aliphatic hydroxyl groups excluding tert-OH is 1. The van der Waals surface area contributed by atoms with E-state index in [0.29, 0.717) is 0 Å². The van der Waals surface area contributed by atoms with Crippen LogP contribution in [0.3, 0.4) is 0 Å². The molecule has 0 bridgehead atoms. The molecular formula is C13H14OS. The molecule has 1 nitrogen and oxygen atoms in total. The highest BCUT2D eigenvalue weighted by Gasteiger charge is 2.12. The van der Waals surface area contributed by atoms with Crippen molar-refractivity contribution in [2.24, 2.45) is 0 Å². The van der Waals surface area contributed by atoms with Gasteiger partial charge in [0.05, 0.1) is 0 Å². The number of hydrogen-bond acceptors (Lipinski definition) is 2. The van der Waals surface area contributed by atoms with E-state index in [0.717, 1.165) is 16.7 Å². The fourth-order valence-corrected chi connectivity index (χ4v) is 2.42. The minimum atomic E-state index is -0.489. The molecule has 0 radical (unpaired) electrons. The third-order valence-electron chi connectivity index (χ3n) is 2.58. The van der Waals surface area contributed by atoms with Crippen LogP contribution in [-0.2, 0) is 0 Å². The first-order chi connectivity index (χ1) is 7.18. The van der Waals surface area contributed by atoms with Crippen LogP contribution in [-0.4, -0.2) is 5.11 Å². The van der Waals surface area contributed by atoms with Gasteiger partial charge in [-0.3, -0.25) is 0 Å². The number of benzene rings is 1. The monoisotopic (exact) mass is 218 g/mol. The van der Waals surface area contributed by atoms with Crippen molar-refractivity contribution < 1.29 is 5.11 Å². The van der Waals surface area contributed by atoms with Crippen molar-refractivity contribution in [2.75, 3.05) is 0 Å². The van der Waals surface area contributed by atoms with E-state index < -0.39 is 6.10 Å². The molecule has 1 heterocycles. The topological polar surface area (TPSA) is 20.2 Å². The second-order valence-electron chi connectivity index (χ2n) is 3.82. The van der Waals surface area contributed by atoms with Gasteiger partial charge in [0, 0.05) is 0 Å². The minimum absolute atomic E-state index is 0.489. The number of rotatable bonds is 2. The Labute approximate surface area is 94.0 Å². The summed E-state index contributed by atoms with van der Waals surface area (Å²) in [5.74, 6) is 0. The largest absolute Gasteiger partial charge is 0.384 e. The molecule has 0 unspecified atom stereocenters. The van der Waals surface area contributed by atoms with Crippen molar-refractivity contribution in [2.45, 2.75) is 20.0 Å². The third-order valence-corrected chi connectivity index (χ3v) is 3.28. The third kappa shape index (κ3) is 2.11. The normalized spacial score (nSPS) is 12.7. The van der Waals surface area contributed by atoms with Crippen molar-refractivity contribution >= 4 is 11.3 Å². The molecule has 0 saturated carbocycles. The zero-order valence-corrected chi connectivity index (χ0v) is 9.71. The number of hydrogen-bond donors (Lipinski definition) is 1. The summed E-state index contributed by atoms with van der Waals surface area (Å²) in [5.41, 5.74) is 4.36. The lowest BCUT2D eigenvalue weighted by atomic mass is 9.98. The van der Waals surface area contributed by atoms with Crippen molar-refractivity contribution in [1.29, 1.82) is 0 Å². The van der Waals surface area contributed by atoms with Gasteiger partial charge in [0.1, 0.15) is 6.10 Å². The van der Waals surface area contributed by atoms with Crippen molar-refractivity contribution in [1.82, 2.24) is 0 Å². The summed E-state index contributed by atoms with van der Waals surface area (Å²) in [4.78, 5) is 0. The Morgan fingerprint density at radius 1 is 1.20 bits per heavy atom. The maximum atomic E-state index is 10.2. The molecule has 0 spiro atoms. The maximum absolute atomic E-state index is 10.2. The molecule has 0 amide bonds. The summed E-state index contributed by atoms with van der Waals surface area (Å²) >= 11 is 1.61. The smallest absolute Gasteiger partial charge is 0.105 e. The van der Waals surface area contributed by atoms with E-state index in [1.165, 1.54) is 5.56 Å². The Hall–Kier alpha value is -1.12. The Bertz CT molecular complexity index is 446. The molecule has 15 heavy (non-hydrogen) atoms. The van der Waals surface area contributed by atoms with Crippen LogP contribution in [0.5, 0.6) is 0 Å². The van der Waals surface area contributed by atoms with E-state index in [9.17, 15) is 5.11 Å². The van der Waals surface area contributed by atoms with Gasteiger partial charge >= 0.3 is 0 Å². The predicted molar refractivity (Wildman–Crippen MR) is 64.3 cm³/mol. The Balaban J connectivity index is 2.38. The predicted octanol–water partition coefficient (Wildman–Crippen LogP) is 3.45. The lowest BCUT2D eigenvalue weighted by Crippen LogP contribution is -2.00. The molecule has 1 atom stereocenters. The van der Waals surface area contributed by atoms with Crippen LogP contribution in [0.1, 0.15) is 28.4 Å². The van der Waals surface area contributed by atoms with E-state index in [2.05, 4.69) is 13.0 Å². The van der Waals surface area contributed by atoms with Crippen LogP contribution in [0.2, 0.25) is 0 Å². The number of aliphatic hydroxyl groups is 1. The molecule has 0 saturated heterocycles. The van der Waals surface area contributed by atoms with Gasteiger partial charge in [-0.2, -0.15) is 11.3 Å². The standard InChI is InChI=1S/C13H14OS/c1-9-3-4-12(10(2)7-9)13(14)11-5-6-15-8-11/h3-8,13-14H,1-2H3/t13-/m0/s1. The van der Waals surface area contributed by atoms with Crippen molar-refractivity contribution in [3.8, 4) is 0 Å². The average Bonchev–Trinajstić information content (AvgIpc) is 2.69. The fourth-order valence-electron chi connectivity index (χ4n) is 1.74. The zero-order chi connectivity index (χ0) is 10.8. The highest BCUT2D eigenvalue weighted by Crippen LogP contribution is 2.26. The van der Waals surface area contributed by atoms with Gasteiger partial charge in [-0.25, -0.2) is 0 Å². The highest BCUT2D eigenvalue weighted by atomic mass is 32.1. The zero-order valence-electron chi connectivity index (χ0n) is 8.90. The first-order valence-electron chi connectivity index (χ1n) is 4.96. The summed E-state index contributed by atoms with van der Waals surface area (Å²) in [6.07, 6.45) is -0.489. The van der Waals surface area contributed by atoms with Crippen LogP contribution in [0.15, 0.2) is 35.0 Å². The molecule has 0 aliphatic rings. The van der Waals surface area contributed by atoms with Gasteiger partial charge in [0.2, 0.25) is 0 Å². The van der Waals surface area contributed by atoms with Gasteiger partial charge in [-0.1, -0.05) is 23.8 Å².